The highest BCUT2D eigenvalue weighted by atomic mass is 16.5. The molecule has 2 amide bonds. The van der Waals surface area contributed by atoms with Crippen molar-refractivity contribution < 1.29 is 19.1 Å². The van der Waals surface area contributed by atoms with Crippen LogP contribution in [-0.2, 0) is 14.3 Å². The van der Waals surface area contributed by atoms with Crippen LogP contribution < -0.4 is 10.6 Å². The SMILES string of the molecule is COC(=O)[C@H](NC(=O)c1cccc(NC(C)=O)c1)C1c2ccccc2-c2ccccc21. The Morgan fingerprint density at radius 1 is 0.871 bits per heavy atom. The van der Waals surface area contributed by atoms with Crippen molar-refractivity contribution in [1.82, 2.24) is 5.32 Å². The van der Waals surface area contributed by atoms with Crippen molar-refractivity contribution in [3.63, 3.8) is 0 Å². The van der Waals surface area contributed by atoms with Gasteiger partial charge in [0, 0.05) is 24.1 Å². The van der Waals surface area contributed by atoms with E-state index in [4.69, 9.17) is 4.74 Å². The summed E-state index contributed by atoms with van der Waals surface area (Å²) in [4.78, 5) is 37.2. The van der Waals surface area contributed by atoms with Gasteiger partial charge in [-0.3, -0.25) is 9.59 Å². The van der Waals surface area contributed by atoms with Crippen molar-refractivity contribution in [3.05, 3.63) is 89.5 Å². The molecule has 0 heterocycles. The molecule has 0 fully saturated rings. The van der Waals surface area contributed by atoms with Crippen LogP contribution in [0.5, 0.6) is 0 Å². The van der Waals surface area contributed by atoms with E-state index < -0.39 is 17.9 Å². The number of nitrogens with one attached hydrogen (secondary N) is 2. The molecule has 1 aliphatic rings. The summed E-state index contributed by atoms with van der Waals surface area (Å²) < 4.78 is 5.06. The minimum atomic E-state index is -0.910. The number of methoxy groups -OCH3 is 1. The van der Waals surface area contributed by atoms with Gasteiger partial charge in [0.15, 0.2) is 0 Å². The Labute approximate surface area is 180 Å². The molecule has 0 saturated heterocycles. The second kappa shape index (κ2) is 8.44. The van der Waals surface area contributed by atoms with E-state index >= 15 is 0 Å². The molecule has 0 spiro atoms. The molecule has 6 nitrogen and oxygen atoms in total. The van der Waals surface area contributed by atoms with Crippen LogP contribution in [-0.4, -0.2) is 30.9 Å². The molecule has 1 aliphatic carbocycles. The van der Waals surface area contributed by atoms with Gasteiger partial charge in [-0.15, -0.1) is 0 Å². The molecular formula is C25H22N2O4. The first kappa shape index (κ1) is 20.3. The number of carbonyl (C=O) groups excluding carboxylic acids is 3. The van der Waals surface area contributed by atoms with E-state index in [9.17, 15) is 14.4 Å². The van der Waals surface area contributed by atoms with Gasteiger partial charge >= 0.3 is 5.97 Å². The van der Waals surface area contributed by atoms with Crippen LogP contribution in [0.1, 0.15) is 34.3 Å². The Hall–Kier alpha value is -3.93. The summed E-state index contributed by atoms with van der Waals surface area (Å²) in [6, 6.07) is 21.4. The van der Waals surface area contributed by atoms with Crippen LogP contribution in [0.3, 0.4) is 0 Å². The summed E-state index contributed by atoms with van der Waals surface area (Å²) >= 11 is 0. The zero-order chi connectivity index (χ0) is 22.0. The maximum atomic E-state index is 13.1. The lowest BCUT2D eigenvalue weighted by Gasteiger charge is -2.24. The van der Waals surface area contributed by atoms with Crippen molar-refractivity contribution in [2.75, 3.05) is 12.4 Å². The Kier molecular flexibility index (Phi) is 5.54. The van der Waals surface area contributed by atoms with Crippen LogP contribution in [0, 0.1) is 0 Å². The second-order valence-electron chi connectivity index (χ2n) is 7.39. The van der Waals surface area contributed by atoms with E-state index in [2.05, 4.69) is 10.6 Å². The maximum Gasteiger partial charge on any atom is 0.329 e. The van der Waals surface area contributed by atoms with Crippen molar-refractivity contribution in [2.24, 2.45) is 0 Å². The minimum Gasteiger partial charge on any atom is -0.467 e. The van der Waals surface area contributed by atoms with Gasteiger partial charge in [-0.05, 0) is 40.5 Å². The molecule has 1 atom stereocenters. The van der Waals surface area contributed by atoms with Gasteiger partial charge in [-0.25, -0.2) is 4.79 Å². The third-order valence-corrected chi connectivity index (χ3v) is 5.40. The zero-order valence-corrected chi connectivity index (χ0v) is 17.2. The van der Waals surface area contributed by atoms with E-state index in [0.717, 1.165) is 22.3 Å². The maximum absolute atomic E-state index is 13.1. The number of hydrogen-bond acceptors (Lipinski definition) is 4. The summed E-state index contributed by atoms with van der Waals surface area (Å²) in [6.45, 7) is 1.40. The van der Waals surface area contributed by atoms with Crippen molar-refractivity contribution in [2.45, 2.75) is 18.9 Å². The van der Waals surface area contributed by atoms with Crippen LogP contribution in [0.15, 0.2) is 72.8 Å². The van der Waals surface area contributed by atoms with E-state index in [1.54, 1.807) is 24.3 Å². The summed E-state index contributed by atoms with van der Waals surface area (Å²) in [5, 5.41) is 5.52. The normalized spacial score (nSPS) is 13.0. The van der Waals surface area contributed by atoms with Crippen LogP contribution >= 0.6 is 0 Å². The molecule has 3 aromatic rings. The molecule has 0 radical (unpaired) electrons. The smallest absolute Gasteiger partial charge is 0.329 e. The van der Waals surface area contributed by atoms with E-state index in [0.29, 0.717) is 11.3 Å². The van der Waals surface area contributed by atoms with Gasteiger partial charge in [0.25, 0.3) is 5.91 Å². The van der Waals surface area contributed by atoms with Crippen LogP contribution in [0.4, 0.5) is 5.69 Å². The average molecular weight is 414 g/mol. The summed E-state index contributed by atoms with van der Waals surface area (Å²) in [6.07, 6.45) is 0. The molecule has 0 bridgehead atoms. The largest absolute Gasteiger partial charge is 0.467 e. The summed E-state index contributed by atoms with van der Waals surface area (Å²) in [5.41, 5.74) is 4.85. The monoisotopic (exact) mass is 414 g/mol. The summed E-state index contributed by atoms with van der Waals surface area (Å²) in [5.74, 6) is -1.56. The lowest BCUT2D eigenvalue weighted by molar-refractivity contribution is -0.143. The van der Waals surface area contributed by atoms with E-state index in [1.165, 1.54) is 14.0 Å². The number of hydrogen-bond donors (Lipinski definition) is 2. The third-order valence-electron chi connectivity index (χ3n) is 5.40. The standard InChI is InChI=1S/C25H22N2O4/c1-15(28)26-17-9-7-8-16(14-17)24(29)27-23(25(30)31-2)22-20-12-5-3-10-18(20)19-11-4-6-13-21(19)22/h3-14,22-23H,1-2H3,(H,26,28)(H,27,29)/t23-/m1/s1. The predicted octanol–water partition coefficient (Wildman–Crippen LogP) is 3.73. The average Bonchev–Trinajstić information content (AvgIpc) is 3.11. The van der Waals surface area contributed by atoms with Crippen LogP contribution in [0.2, 0.25) is 0 Å². The topological polar surface area (TPSA) is 84.5 Å². The lowest BCUT2D eigenvalue weighted by Crippen LogP contribution is -2.45. The molecule has 156 valence electrons. The van der Waals surface area contributed by atoms with Crippen molar-refractivity contribution in [1.29, 1.82) is 0 Å². The number of ether oxygens (including phenoxy) is 1. The van der Waals surface area contributed by atoms with Gasteiger partial charge in [0.2, 0.25) is 5.91 Å². The number of benzene rings is 3. The first-order chi connectivity index (χ1) is 15.0. The van der Waals surface area contributed by atoms with Crippen LogP contribution in [0.25, 0.3) is 11.1 Å². The van der Waals surface area contributed by atoms with Crippen molar-refractivity contribution >= 4 is 23.5 Å². The number of esters is 1. The molecule has 4 rings (SSSR count). The van der Waals surface area contributed by atoms with Gasteiger partial charge < -0.3 is 15.4 Å². The number of carbonyl (C=O) groups is 3. The van der Waals surface area contributed by atoms with Gasteiger partial charge in [-0.2, -0.15) is 0 Å². The van der Waals surface area contributed by atoms with Gasteiger partial charge in [0.05, 0.1) is 7.11 Å². The molecule has 0 saturated carbocycles. The Bertz CT molecular complexity index is 1130. The fraction of sp³-hybridized carbons (Fsp3) is 0.160. The number of rotatable bonds is 5. The third kappa shape index (κ3) is 3.92. The van der Waals surface area contributed by atoms with Crippen molar-refractivity contribution in [3.8, 4) is 11.1 Å². The molecule has 3 aromatic carbocycles. The fourth-order valence-corrected chi connectivity index (χ4v) is 4.12. The molecule has 31 heavy (non-hydrogen) atoms. The Morgan fingerprint density at radius 3 is 2.06 bits per heavy atom. The van der Waals surface area contributed by atoms with Gasteiger partial charge in [0.1, 0.15) is 6.04 Å². The highest BCUT2D eigenvalue weighted by molar-refractivity contribution is 5.99. The van der Waals surface area contributed by atoms with Gasteiger partial charge in [-0.1, -0.05) is 54.6 Å². The summed E-state index contributed by atoms with van der Waals surface area (Å²) in [7, 11) is 1.31. The van der Waals surface area contributed by atoms with E-state index in [-0.39, 0.29) is 11.8 Å². The quantitative estimate of drug-likeness (QED) is 0.623. The number of amides is 2. The number of anilines is 1. The molecule has 0 aromatic heterocycles. The lowest BCUT2D eigenvalue weighted by atomic mass is 9.89. The highest BCUT2D eigenvalue weighted by Gasteiger charge is 2.39. The first-order valence-electron chi connectivity index (χ1n) is 9.94. The first-order valence-corrected chi connectivity index (χ1v) is 9.94. The van der Waals surface area contributed by atoms with E-state index in [1.807, 2.05) is 48.5 Å². The molecule has 0 unspecified atom stereocenters. The molecule has 0 aliphatic heterocycles. The molecule has 6 heteroatoms. The highest BCUT2D eigenvalue weighted by Crippen LogP contribution is 2.46. The predicted molar refractivity (Wildman–Crippen MR) is 118 cm³/mol. The minimum absolute atomic E-state index is 0.232. The molecule has 2 N–H and O–H groups in total. The fourth-order valence-electron chi connectivity index (χ4n) is 4.12. The Morgan fingerprint density at radius 2 is 1.48 bits per heavy atom. The molecular weight excluding hydrogens is 392 g/mol. The second-order valence-corrected chi connectivity index (χ2v) is 7.39. The zero-order valence-electron chi connectivity index (χ0n) is 17.2. The Balaban J connectivity index is 1.70. The number of fused-ring (bicyclic) bond motifs is 3.